The molecule has 0 aromatic heterocycles. The molecule has 1 rings (SSSR count). The molecule has 0 atom stereocenters. The average Bonchev–Trinajstić information content (AvgIpc) is 2.39. The standard InChI is InChI=1S/C13H19ClN2O2/c1-3-16(9-13(17)18-2)8-11-5-4-10(7-15)6-12(11)14/h4-6H,3,7-9,15H2,1-2H3. The highest BCUT2D eigenvalue weighted by atomic mass is 35.5. The molecular weight excluding hydrogens is 252 g/mol. The fourth-order valence-corrected chi connectivity index (χ4v) is 1.88. The van der Waals surface area contributed by atoms with Crippen LogP contribution in [-0.2, 0) is 22.6 Å². The highest BCUT2D eigenvalue weighted by Gasteiger charge is 2.11. The summed E-state index contributed by atoms with van der Waals surface area (Å²) in [6.45, 7) is 4.10. The van der Waals surface area contributed by atoms with Crippen LogP contribution in [0, 0.1) is 0 Å². The van der Waals surface area contributed by atoms with E-state index in [2.05, 4.69) is 4.74 Å². The van der Waals surface area contributed by atoms with Crippen LogP contribution in [0.15, 0.2) is 18.2 Å². The molecule has 0 saturated heterocycles. The number of hydrogen-bond acceptors (Lipinski definition) is 4. The molecule has 4 nitrogen and oxygen atoms in total. The Hall–Kier alpha value is -1.10. The molecule has 5 heteroatoms. The van der Waals surface area contributed by atoms with Crippen LogP contribution in [0.5, 0.6) is 0 Å². The number of rotatable bonds is 6. The number of carbonyl (C=O) groups is 1. The first kappa shape index (κ1) is 15.0. The van der Waals surface area contributed by atoms with E-state index in [0.29, 0.717) is 18.1 Å². The minimum atomic E-state index is -0.244. The van der Waals surface area contributed by atoms with Crippen LogP contribution in [0.3, 0.4) is 0 Å². The first-order chi connectivity index (χ1) is 8.60. The number of carbonyl (C=O) groups excluding carboxylic acids is 1. The smallest absolute Gasteiger partial charge is 0.319 e. The van der Waals surface area contributed by atoms with Crippen molar-refractivity contribution in [3.8, 4) is 0 Å². The maximum atomic E-state index is 11.2. The number of nitrogens with zero attached hydrogens (tertiary/aromatic N) is 1. The van der Waals surface area contributed by atoms with Gasteiger partial charge in [0.1, 0.15) is 0 Å². The zero-order valence-electron chi connectivity index (χ0n) is 10.8. The van der Waals surface area contributed by atoms with Crippen molar-refractivity contribution in [3.63, 3.8) is 0 Å². The monoisotopic (exact) mass is 270 g/mol. The molecule has 1 aromatic rings. The van der Waals surface area contributed by atoms with Crippen LogP contribution in [0.2, 0.25) is 5.02 Å². The Morgan fingerprint density at radius 2 is 2.22 bits per heavy atom. The Bertz CT molecular complexity index is 410. The molecule has 0 heterocycles. The van der Waals surface area contributed by atoms with Gasteiger partial charge in [-0.25, -0.2) is 0 Å². The quantitative estimate of drug-likeness (QED) is 0.801. The Labute approximate surface area is 113 Å². The van der Waals surface area contributed by atoms with Gasteiger partial charge in [0.25, 0.3) is 0 Å². The lowest BCUT2D eigenvalue weighted by molar-refractivity contribution is -0.142. The van der Waals surface area contributed by atoms with Crippen molar-refractivity contribution in [2.24, 2.45) is 5.73 Å². The van der Waals surface area contributed by atoms with Gasteiger partial charge < -0.3 is 10.5 Å². The molecule has 100 valence electrons. The lowest BCUT2D eigenvalue weighted by Gasteiger charge is -2.19. The zero-order valence-corrected chi connectivity index (χ0v) is 11.5. The van der Waals surface area contributed by atoms with Gasteiger partial charge >= 0.3 is 5.97 Å². The largest absolute Gasteiger partial charge is 0.468 e. The molecule has 0 aliphatic carbocycles. The second-order valence-electron chi connectivity index (χ2n) is 4.01. The highest BCUT2D eigenvalue weighted by Crippen LogP contribution is 2.19. The van der Waals surface area contributed by atoms with E-state index in [1.165, 1.54) is 7.11 Å². The number of likely N-dealkylation sites (N-methyl/N-ethyl adjacent to an activating group) is 1. The summed E-state index contributed by atoms with van der Waals surface area (Å²) in [4.78, 5) is 13.2. The molecule has 0 bridgehead atoms. The van der Waals surface area contributed by atoms with Gasteiger partial charge in [-0.2, -0.15) is 0 Å². The van der Waals surface area contributed by atoms with E-state index in [1.807, 2.05) is 30.0 Å². The predicted octanol–water partition coefficient (Wildman–Crippen LogP) is 1.79. The SMILES string of the molecule is CCN(CC(=O)OC)Cc1ccc(CN)cc1Cl. The number of methoxy groups -OCH3 is 1. The van der Waals surface area contributed by atoms with Crippen molar-refractivity contribution in [3.05, 3.63) is 34.3 Å². The van der Waals surface area contributed by atoms with Crippen LogP contribution >= 0.6 is 11.6 Å². The molecule has 0 aliphatic heterocycles. The van der Waals surface area contributed by atoms with Crippen LogP contribution in [0.4, 0.5) is 0 Å². The fourth-order valence-electron chi connectivity index (χ4n) is 1.61. The second-order valence-corrected chi connectivity index (χ2v) is 4.42. The minimum absolute atomic E-state index is 0.244. The second kappa shape index (κ2) is 7.36. The molecule has 2 N–H and O–H groups in total. The van der Waals surface area contributed by atoms with Crippen LogP contribution < -0.4 is 5.73 Å². The van der Waals surface area contributed by atoms with Crippen LogP contribution in [0.1, 0.15) is 18.1 Å². The lowest BCUT2D eigenvalue weighted by Crippen LogP contribution is -2.30. The van der Waals surface area contributed by atoms with Crippen molar-refractivity contribution in [1.82, 2.24) is 4.90 Å². The number of nitrogens with two attached hydrogens (primary N) is 1. The topological polar surface area (TPSA) is 55.6 Å². The fraction of sp³-hybridized carbons (Fsp3) is 0.462. The Kier molecular flexibility index (Phi) is 6.12. The van der Waals surface area contributed by atoms with Gasteiger partial charge in [-0.1, -0.05) is 30.7 Å². The van der Waals surface area contributed by atoms with Gasteiger partial charge in [0.15, 0.2) is 0 Å². The summed E-state index contributed by atoms with van der Waals surface area (Å²) in [5, 5.41) is 0.682. The predicted molar refractivity (Wildman–Crippen MR) is 72.3 cm³/mol. The first-order valence-electron chi connectivity index (χ1n) is 5.87. The number of esters is 1. The number of ether oxygens (including phenoxy) is 1. The summed E-state index contributed by atoms with van der Waals surface area (Å²) in [5.41, 5.74) is 7.54. The zero-order chi connectivity index (χ0) is 13.5. The minimum Gasteiger partial charge on any atom is -0.468 e. The van der Waals surface area contributed by atoms with Gasteiger partial charge in [0.2, 0.25) is 0 Å². The highest BCUT2D eigenvalue weighted by molar-refractivity contribution is 6.31. The third-order valence-electron chi connectivity index (χ3n) is 2.77. The number of hydrogen-bond donors (Lipinski definition) is 1. The Morgan fingerprint density at radius 1 is 1.50 bits per heavy atom. The molecule has 0 radical (unpaired) electrons. The van der Waals surface area contributed by atoms with Crippen LogP contribution in [0.25, 0.3) is 0 Å². The maximum absolute atomic E-state index is 11.2. The van der Waals surface area contributed by atoms with Gasteiger partial charge in [-0.3, -0.25) is 9.69 Å². The molecule has 0 fully saturated rings. The molecule has 0 aliphatic rings. The maximum Gasteiger partial charge on any atom is 0.319 e. The van der Waals surface area contributed by atoms with Gasteiger partial charge in [-0.05, 0) is 23.7 Å². The molecular formula is C13H19ClN2O2. The third-order valence-corrected chi connectivity index (χ3v) is 3.13. The van der Waals surface area contributed by atoms with E-state index >= 15 is 0 Å². The van der Waals surface area contributed by atoms with E-state index in [-0.39, 0.29) is 12.5 Å². The molecule has 0 amide bonds. The van der Waals surface area contributed by atoms with Gasteiger partial charge in [0.05, 0.1) is 13.7 Å². The van der Waals surface area contributed by atoms with E-state index in [1.54, 1.807) is 0 Å². The van der Waals surface area contributed by atoms with Crippen molar-refractivity contribution in [2.75, 3.05) is 20.2 Å². The molecule has 0 unspecified atom stereocenters. The molecule has 0 spiro atoms. The van der Waals surface area contributed by atoms with Crippen molar-refractivity contribution in [1.29, 1.82) is 0 Å². The molecule has 0 saturated carbocycles. The Balaban J connectivity index is 2.72. The first-order valence-corrected chi connectivity index (χ1v) is 6.25. The number of halogens is 1. The van der Waals surface area contributed by atoms with E-state index < -0.39 is 0 Å². The van der Waals surface area contributed by atoms with Crippen LogP contribution in [-0.4, -0.2) is 31.1 Å². The summed E-state index contributed by atoms with van der Waals surface area (Å²) in [6.07, 6.45) is 0. The van der Waals surface area contributed by atoms with Crippen molar-refractivity contribution < 1.29 is 9.53 Å². The average molecular weight is 271 g/mol. The third kappa shape index (κ3) is 4.29. The van der Waals surface area contributed by atoms with E-state index in [9.17, 15) is 4.79 Å². The van der Waals surface area contributed by atoms with Gasteiger partial charge in [0, 0.05) is 18.1 Å². The summed E-state index contributed by atoms with van der Waals surface area (Å²) in [7, 11) is 1.39. The summed E-state index contributed by atoms with van der Waals surface area (Å²) < 4.78 is 4.66. The lowest BCUT2D eigenvalue weighted by atomic mass is 10.1. The molecule has 18 heavy (non-hydrogen) atoms. The normalized spacial score (nSPS) is 10.7. The summed E-state index contributed by atoms with van der Waals surface area (Å²) in [5.74, 6) is -0.244. The summed E-state index contributed by atoms with van der Waals surface area (Å²) in [6, 6.07) is 5.76. The van der Waals surface area contributed by atoms with Gasteiger partial charge in [-0.15, -0.1) is 0 Å². The Morgan fingerprint density at radius 3 is 2.72 bits per heavy atom. The summed E-state index contributed by atoms with van der Waals surface area (Å²) >= 11 is 6.18. The molecule has 1 aromatic carbocycles. The van der Waals surface area contributed by atoms with Crippen molar-refractivity contribution in [2.45, 2.75) is 20.0 Å². The van der Waals surface area contributed by atoms with Crippen molar-refractivity contribution >= 4 is 17.6 Å². The number of benzene rings is 1. The van der Waals surface area contributed by atoms with E-state index in [0.717, 1.165) is 17.7 Å². The van der Waals surface area contributed by atoms with E-state index in [4.69, 9.17) is 17.3 Å².